The Bertz CT molecular complexity index is 377. The fourth-order valence-corrected chi connectivity index (χ4v) is 0.602. The van der Waals surface area contributed by atoms with Crippen LogP contribution in [0.2, 0.25) is 0 Å². The molecule has 0 radical (unpaired) electrons. The number of H-pyrrole nitrogens is 1. The second-order valence-corrected chi connectivity index (χ2v) is 2.74. The van der Waals surface area contributed by atoms with E-state index in [4.69, 9.17) is 5.11 Å². The molecule has 18 heavy (non-hydrogen) atoms. The van der Waals surface area contributed by atoms with Crippen LogP contribution in [0.4, 0.5) is 4.79 Å². The molecule has 5 N–H and O–H groups in total. The van der Waals surface area contributed by atoms with E-state index in [0.717, 1.165) is 6.42 Å². The van der Waals surface area contributed by atoms with Crippen molar-refractivity contribution in [3.05, 3.63) is 18.0 Å². The van der Waals surface area contributed by atoms with Crippen LogP contribution in [-0.2, 0) is 4.84 Å². The van der Waals surface area contributed by atoms with Crippen LogP contribution in [0.1, 0.15) is 23.8 Å². The number of hydrogen-bond acceptors (Lipinski definition) is 6. The quantitative estimate of drug-likeness (QED) is 0.202. The summed E-state index contributed by atoms with van der Waals surface area (Å²) in [6, 6.07) is 0.665. The molecule has 10 heteroatoms. The minimum absolute atomic E-state index is 0.116. The van der Waals surface area contributed by atoms with Crippen LogP contribution in [0.25, 0.3) is 0 Å². The van der Waals surface area contributed by atoms with E-state index < -0.39 is 12.0 Å². The highest BCUT2D eigenvalue weighted by atomic mass is 16.6. The zero-order chi connectivity index (χ0) is 13.8. The number of carboxylic acids is 1. The number of nitrogens with one attached hydrogen (secondary N) is 2. The minimum atomic E-state index is -0.984. The van der Waals surface area contributed by atoms with Crippen molar-refractivity contribution in [2.75, 3.05) is 6.61 Å². The number of aromatic carboxylic acids is 1. The lowest BCUT2D eigenvalue weighted by molar-refractivity contribution is 0.0690. The number of carbonyl (C=O) groups excluding carboxylic acids is 1. The van der Waals surface area contributed by atoms with Crippen LogP contribution < -0.4 is 11.3 Å². The molecule has 0 aliphatic rings. The molecule has 0 unspecified atom stereocenters. The molecule has 10 nitrogen and oxygen atoms in total. The number of rotatable bonds is 4. The summed E-state index contributed by atoms with van der Waals surface area (Å²) in [5.74, 6) is 3.69. The van der Waals surface area contributed by atoms with Crippen LogP contribution in [0.15, 0.2) is 22.7 Å². The van der Waals surface area contributed by atoms with Crippen molar-refractivity contribution in [1.82, 2.24) is 15.6 Å². The van der Waals surface area contributed by atoms with Crippen LogP contribution >= 0.6 is 0 Å². The van der Waals surface area contributed by atoms with Gasteiger partial charge < -0.3 is 9.94 Å². The average molecular weight is 258 g/mol. The summed E-state index contributed by atoms with van der Waals surface area (Å²) < 4.78 is 0. The number of hydrazine groups is 1. The van der Waals surface area contributed by atoms with Gasteiger partial charge in [0.2, 0.25) is 0 Å². The van der Waals surface area contributed by atoms with Crippen molar-refractivity contribution in [3.63, 3.8) is 0 Å². The Labute approximate surface area is 102 Å². The van der Waals surface area contributed by atoms with Crippen molar-refractivity contribution in [1.29, 1.82) is 0 Å². The van der Waals surface area contributed by atoms with Gasteiger partial charge in [0.15, 0.2) is 0 Å². The lowest BCUT2D eigenvalue weighted by Gasteiger charge is -1.90. The van der Waals surface area contributed by atoms with Crippen molar-refractivity contribution < 1.29 is 19.5 Å². The summed E-state index contributed by atoms with van der Waals surface area (Å²) in [7, 11) is 0. The summed E-state index contributed by atoms with van der Waals surface area (Å²) in [6.07, 6.45) is 2.21. The zero-order valence-electron chi connectivity index (χ0n) is 9.66. The minimum Gasteiger partial charge on any atom is -0.477 e. The lowest BCUT2D eigenvalue weighted by Crippen LogP contribution is -2.26. The third kappa shape index (κ3) is 7.76. The number of carboxylic acid groups (broad SMARTS) is 1. The van der Waals surface area contributed by atoms with E-state index in [1.54, 1.807) is 5.43 Å². The third-order valence-corrected chi connectivity index (χ3v) is 1.34. The highest BCUT2D eigenvalue weighted by Crippen LogP contribution is 1.88. The molecule has 0 bridgehead atoms. The second kappa shape index (κ2) is 9.72. The molecule has 0 spiro atoms. The van der Waals surface area contributed by atoms with Gasteiger partial charge in [0.25, 0.3) is 0 Å². The molecule has 1 rings (SSSR count). The molecule has 0 fully saturated rings. The molecule has 0 saturated carbocycles. The normalized spacial score (nSPS) is 9.44. The van der Waals surface area contributed by atoms with Crippen molar-refractivity contribution in [3.8, 4) is 0 Å². The smallest absolute Gasteiger partial charge is 0.376 e. The van der Waals surface area contributed by atoms with Gasteiger partial charge in [-0.2, -0.15) is 5.10 Å². The van der Waals surface area contributed by atoms with Crippen LogP contribution in [-0.4, -0.2) is 33.9 Å². The van der Waals surface area contributed by atoms with E-state index in [2.05, 4.69) is 31.3 Å². The summed E-state index contributed by atoms with van der Waals surface area (Å²) >= 11 is 0. The SMILES string of the molecule is CCCON=NC(=O)NN.O=C(O)c1ccn[nH]1. The van der Waals surface area contributed by atoms with Crippen molar-refractivity contribution >= 4 is 12.0 Å². The summed E-state index contributed by atoms with van der Waals surface area (Å²) in [4.78, 5) is 24.7. The number of nitrogens with two attached hydrogens (primary N) is 1. The topological polar surface area (TPSA) is 155 Å². The maximum atomic E-state index is 10.2. The van der Waals surface area contributed by atoms with E-state index in [-0.39, 0.29) is 5.69 Å². The van der Waals surface area contributed by atoms with Gasteiger partial charge in [0, 0.05) is 11.5 Å². The Morgan fingerprint density at radius 3 is 2.78 bits per heavy atom. The van der Waals surface area contributed by atoms with E-state index in [0.29, 0.717) is 6.61 Å². The highest BCUT2D eigenvalue weighted by Gasteiger charge is 1.99. The van der Waals surface area contributed by atoms with Gasteiger partial charge in [0.05, 0.1) is 0 Å². The van der Waals surface area contributed by atoms with Crippen molar-refractivity contribution in [2.45, 2.75) is 13.3 Å². The monoisotopic (exact) mass is 258 g/mol. The number of aromatic amines is 1. The first-order valence-corrected chi connectivity index (χ1v) is 4.88. The van der Waals surface area contributed by atoms with Gasteiger partial charge in [-0.1, -0.05) is 12.0 Å². The van der Waals surface area contributed by atoms with Gasteiger partial charge in [-0.15, -0.1) is 0 Å². The molecule has 0 aromatic carbocycles. The predicted octanol–water partition coefficient (Wildman–Crippen LogP) is 0.471. The fraction of sp³-hybridized carbons (Fsp3) is 0.375. The molecule has 0 aliphatic heterocycles. The van der Waals surface area contributed by atoms with Gasteiger partial charge in [-0.25, -0.2) is 15.4 Å². The van der Waals surface area contributed by atoms with E-state index in [1.807, 2.05) is 6.92 Å². The standard InChI is InChI=1S/C4H10N4O2.C4H4N2O2/c1-2-3-10-8-7-4(9)6-5;7-4(8)3-1-2-5-6-3/h2-3,5H2,1H3,(H,6,9);1-2H,(H,5,6)(H,7,8). The Hall–Kier alpha value is -2.49. The molecule has 100 valence electrons. The predicted molar refractivity (Wildman–Crippen MR) is 59.4 cm³/mol. The number of nitrogens with zero attached hydrogens (tertiary/aromatic N) is 3. The van der Waals surface area contributed by atoms with Crippen LogP contribution in [0, 0.1) is 0 Å². The molecule has 0 aliphatic carbocycles. The number of hydrogen-bond donors (Lipinski definition) is 4. The van der Waals surface area contributed by atoms with Crippen LogP contribution in [0.3, 0.4) is 0 Å². The molecule has 1 aromatic heterocycles. The number of amides is 2. The first kappa shape index (κ1) is 15.5. The highest BCUT2D eigenvalue weighted by molar-refractivity contribution is 5.84. The number of carbonyl (C=O) groups is 2. The molecule has 1 aromatic rings. The maximum absolute atomic E-state index is 10.2. The Morgan fingerprint density at radius 2 is 2.39 bits per heavy atom. The Balaban J connectivity index is 0.000000327. The largest absolute Gasteiger partial charge is 0.477 e. The molecular weight excluding hydrogens is 244 g/mol. The molecular formula is C8H14N6O4. The van der Waals surface area contributed by atoms with Crippen LogP contribution in [0.5, 0.6) is 0 Å². The Kier molecular flexibility index (Phi) is 8.37. The number of urea groups is 1. The van der Waals surface area contributed by atoms with Gasteiger partial charge in [-0.05, 0) is 12.5 Å². The van der Waals surface area contributed by atoms with E-state index in [9.17, 15) is 9.59 Å². The fourth-order valence-electron chi connectivity index (χ4n) is 0.602. The van der Waals surface area contributed by atoms with E-state index in [1.165, 1.54) is 12.3 Å². The molecule has 0 saturated heterocycles. The Morgan fingerprint density at radius 1 is 1.67 bits per heavy atom. The van der Waals surface area contributed by atoms with Gasteiger partial charge >= 0.3 is 12.0 Å². The molecule has 0 atom stereocenters. The maximum Gasteiger partial charge on any atom is 0.376 e. The molecule has 2 amide bonds. The summed E-state index contributed by atoms with van der Waals surface area (Å²) in [6.45, 7) is 2.36. The van der Waals surface area contributed by atoms with Gasteiger partial charge in [-0.3, -0.25) is 10.5 Å². The summed E-state index contributed by atoms with van der Waals surface area (Å²) in [5.41, 5.74) is 1.88. The second-order valence-electron chi connectivity index (χ2n) is 2.74. The third-order valence-electron chi connectivity index (χ3n) is 1.34. The first-order valence-electron chi connectivity index (χ1n) is 4.88. The average Bonchev–Trinajstić information content (AvgIpc) is 2.89. The first-order chi connectivity index (χ1) is 8.61. The summed E-state index contributed by atoms with van der Waals surface area (Å²) in [5, 5.41) is 20.0. The van der Waals surface area contributed by atoms with Crippen molar-refractivity contribution in [2.24, 2.45) is 16.2 Å². The van der Waals surface area contributed by atoms with Gasteiger partial charge in [0.1, 0.15) is 12.3 Å². The van der Waals surface area contributed by atoms with E-state index >= 15 is 0 Å². The molecule has 1 heterocycles. The number of aromatic nitrogens is 2. The zero-order valence-corrected chi connectivity index (χ0v) is 9.66. The lowest BCUT2D eigenvalue weighted by atomic mass is 10.5.